The monoisotopic (exact) mass is 323 g/mol. The van der Waals surface area contributed by atoms with E-state index in [2.05, 4.69) is 39.3 Å². The molecular weight excluding hydrogens is 302 g/mol. The first-order valence-electron chi connectivity index (χ1n) is 8.21. The number of rotatable bonds is 6. The number of aromatic nitrogens is 4. The Balaban J connectivity index is 1.76. The van der Waals surface area contributed by atoms with Gasteiger partial charge >= 0.3 is 0 Å². The van der Waals surface area contributed by atoms with E-state index in [0.29, 0.717) is 11.8 Å². The second-order valence-corrected chi connectivity index (χ2v) is 5.53. The van der Waals surface area contributed by atoms with Crippen LogP contribution in [0.5, 0.6) is 0 Å². The van der Waals surface area contributed by atoms with E-state index in [1.807, 2.05) is 37.3 Å². The van der Waals surface area contributed by atoms with E-state index in [1.54, 1.807) is 6.20 Å². The zero-order valence-corrected chi connectivity index (χ0v) is 14.2. The van der Waals surface area contributed by atoms with Crippen LogP contribution in [0.1, 0.15) is 44.1 Å². The van der Waals surface area contributed by atoms with Crippen molar-refractivity contribution in [2.75, 3.05) is 5.32 Å². The number of nitrogens with zero attached hydrogens (tertiary/aromatic N) is 4. The van der Waals surface area contributed by atoms with Crippen LogP contribution in [-0.2, 0) is 12.8 Å². The summed E-state index contributed by atoms with van der Waals surface area (Å²) in [7, 11) is 0. The predicted octanol–water partition coefficient (Wildman–Crippen LogP) is 3.82. The van der Waals surface area contributed by atoms with E-state index in [9.17, 15) is 0 Å². The number of aryl methyl sites for hydroxylation is 2. The molecule has 0 aliphatic heterocycles. The predicted molar refractivity (Wildman–Crippen MR) is 92.6 cm³/mol. The largest absolute Gasteiger partial charge is 0.438 e. The normalized spacial score (nSPS) is 12.1. The van der Waals surface area contributed by atoms with Crippen LogP contribution >= 0.6 is 0 Å². The second-order valence-electron chi connectivity index (χ2n) is 5.53. The molecule has 2 heterocycles. The van der Waals surface area contributed by atoms with Gasteiger partial charge in [-0.1, -0.05) is 44.2 Å². The number of benzene rings is 1. The fourth-order valence-electron chi connectivity index (χ4n) is 2.48. The maximum Gasteiger partial charge on any atom is 0.243 e. The quantitative estimate of drug-likeness (QED) is 0.743. The van der Waals surface area contributed by atoms with Crippen molar-refractivity contribution in [2.24, 2.45) is 0 Å². The highest BCUT2D eigenvalue weighted by molar-refractivity contribution is 5.55. The Hall–Kier alpha value is -2.76. The Bertz CT molecular complexity index is 800. The number of hydrogen-bond acceptors (Lipinski definition) is 6. The van der Waals surface area contributed by atoms with Crippen molar-refractivity contribution in [2.45, 2.75) is 39.7 Å². The zero-order chi connectivity index (χ0) is 16.9. The fourth-order valence-corrected chi connectivity index (χ4v) is 2.48. The number of hydrogen-bond donors (Lipinski definition) is 1. The summed E-state index contributed by atoms with van der Waals surface area (Å²) in [5, 5.41) is 11.6. The maximum absolute atomic E-state index is 5.86. The molecule has 1 unspecified atom stereocenters. The molecule has 24 heavy (non-hydrogen) atoms. The first kappa shape index (κ1) is 16.1. The summed E-state index contributed by atoms with van der Waals surface area (Å²) >= 11 is 0. The van der Waals surface area contributed by atoms with Gasteiger partial charge in [0.2, 0.25) is 11.8 Å². The molecule has 0 amide bonds. The van der Waals surface area contributed by atoms with E-state index in [4.69, 9.17) is 4.42 Å². The molecule has 3 rings (SSSR count). The lowest BCUT2D eigenvalue weighted by molar-refractivity contribution is 0.484. The second kappa shape index (κ2) is 7.21. The smallest absolute Gasteiger partial charge is 0.243 e. The van der Waals surface area contributed by atoms with Gasteiger partial charge in [-0.15, -0.1) is 5.10 Å². The molecule has 1 N–H and O–H groups in total. The van der Waals surface area contributed by atoms with Crippen molar-refractivity contribution in [1.29, 1.82) is 0 Å². The molecule has 1 aromatic carbocycles. The Labute approximate surface area is 141 Å². The molecule has 0 saturated heterocycles. The molecule has 0 spiro atoms. The van der Waals surface area contributed by atoms with Crippen molar-refractivity contribution in [1.82, 2.24) is 20.2 Å². The Morgan fingerprint density at radius 1 is 1.04 bits per heavy atom. The van der Waals surface area contributed by atoms with E-state index in [0.717, 1.165) is 35.6 Å². The van der Waals surface area contributed by atoms with E-state index in [1.165, 1.54) is 0 Å². The Morgan fingerprint density at radius 3 is 2.50 bits per heavy atom. The van der Waals surface area contributed by atoms with Gasteiger partial charge in [0.15, 0.2) is 5.76 Å². The lowest BCUT2D eigenvalue weighted by atomic mass is 10.2. The molecule has 1 atom stereocenters. The highest BCUT2D eigenvalue weighted by Crippen LogP contribution is 2.24. The van der Waals surface area contributed by atoms with Crippen LogP contribution in [0.2, 0.25) is 0 Å². The van der Waals surface area contributed by atoms with E-state index < -0.39 is 0 Å². The molecule has 0 bridgehead atoms. The van der Waals surface area contributed by atoms with Crippen molar-refractivity contribution >= 4 is 5.95 Å². The number of oxazole rings is 1. The molecule has 2 aromatic heterocycles. The van der Waals surface area contributed by atoms with Crippen LogP contribution < -0.4 is 5.32 Å². The molecule has 124 valence electrons. The van der Waals surface area contributed by atoms with Gasteiger partial charge in [-0.2, -0.15) is 5.10 Å². The maximum atomic E-state index is 5.86. The lowest BCUT2D eigenvalue weighted by Crippen LogP contribution is -2.13. The lowest BCUT2D eigenvalue weighted by Gasteiger charge is -2.11. The minimum Gasteiger partial charge on any atom is -0.438 e. The Kier molecular flexibility index (Phi) is 4.84. The molecule has 0 aliphatic rings. The molecular formula is C18H21N5O. The number of anilines is 1. The van der Waals surface area contributed by atoms with Crippen LogP contribution in [0.15, 0.2) is 40.9 Å². The minimum absolute atomic E-state index is 0.151. The van der Waals surface area contributed by atoms with Gasteiger partial charge in [0.25, 0.3) is 0 Å². The highest BCUT2D eigenvalue weighted by Gasteiger charge is 2.15. The van der Waals surface area contributed by atoms with E-state index in [-0.39, 0.29) is 6.04 Å². The minimum atomic E-state index is -0.151. The summed E-state index contributed by atoms with van der Waals surface area (Å²) < 4.78 is 5.86. The third-order valence-corrected chi connectivity index (χ3v) is 3.81. The Morgan fingerprint density at radius 2 is 1.79 bits per heavy atom. The van der Waals surface area contributed by atoms with Crippen molar-refractivity contribution in [3.05, 3.63) is 53.8 Å². The average Bonchev–Trinajstić information content (AvgIpc) is 3.12. The summed E-state index contributed by atoms with van der Waals surface area (Å²) in [5.41, 5.74) is 2.92. The average molecular weight is 323 g/mol. The summed E-state index contributed by atoms with van der Waals surface area (Å²) in [6.45, 7) is 6.08. The molecule has 0 saturated carbocycles. The highest BCUT2D eigenvalue weighted by atomic mass is 16.4. The van der Waals surface area contributed by atoms with Crippen LogP contribution in [0.3, 0.4) is 0 Å². The van der Waals surface area contributed by atoms with Gasteiger partial charge in [-0.3, -0.25) is 0 Å². The summed E-state index contributed by atoms with van der Waals surface area (Å²) in [6.07, 6.45) is 3.40. The van der Waals surface area contributed by atoms with Gasteiger partial charge in [-0.25, -0.2) is 9.97 Å². The van der Waals surface area contributed by atoms with Gasteiger partial charge in [0, 0.05) is 5.56 Å². The van der Waals surface area contributed by atoms with Crippen LogP contribution in [0, 0.1) is 0 Å². The van der Waals surface area contributed by atoms with Crippen molar-refractivity contribution < 1.29 is 4.42 Å². The van der Waals surface area contributed by atoms with Gasteiger partial charge < -0.3 is 9.73 Å². The standard InChI is InChI=1S/C18H21N5O/c1-4-14-15(5-2)22-23-18(21-14)20-12(3)17-19-11-16(24-17)13-9-7-6-8-10-13/h6-12H,4-5H2,1-3H3,(H,20,21,23). The number of nitrogens with one attached hydrogen (secondary N) is 1. The topological polar surface area (TPSA) is 76.7 Å². The summed E-state index contributed by atoms with van der Waals surface area (Å²) in [5.74, 6) is 1.83. The summed E-state index contributed by atoms with van der Waals surface area (Å²) in [4.78, 5) is 8.90. The fraction of sp³-hybridized carbons (Fsp3) is 0.333. The summed E-state index contributed by atoms with van der Waals surface area (Å²) in [6, 6.07) is 9.75. The molecule has 6 heteroatoms. The van der Waals surface area contributed by atoms with Crippen LogP contribution in [-0.4, -0.2) is 20.2 Å². The van der Waals surface area contributed by atoms with Crippen LogP contribution in [0.25, 0.3) is 11.3 Å². The van der Waals surface area contributed by atoms with Crippen molar-refractivity contribution in [3.63, 3.8) is 0 Å². The zero-order valence-electron chi connectivity index (χ0n) is 14.2. The van der Waals surface area contributed by atoms with E-state index >= 15 is 0 Å². The first-order chi connectivity index (χ1) is 11.7. The SMILES string of the molecule is CCc1nnc(NC(C)c2ncc(-c3ccccc3)o2)nc1CC. The third-order valence-electron chi connectivity index (χ3n) is 3.81. The molecule has 3 aromatic rings. The molecule has 0 aliphatic carbocycles. The molecule has 0 fully saturated rings. The third kappa shape index (κ3) is 3.42. The van der Waals surface area contributed by atoms with Gasteiger partial charge in [0.05, 0.1) is 17.6 Å². The van der Waals surface area contributed by atoms with Crippen molar-refractivity contribution in [3.8, 4) is 11.3 Å². The van der Waals surface area contributed by atoms with Gasteiger partial charge in [-0.05, 0) is 19.8 Å². The molecule has 0 radical (unpaired) electrons. The van der Waals surface area contributed by atoms with Gasteiger partial charge in [0.1, 0.15) is 6.04 Å². The first-order valence-corrected chi connectivity index (χ1v) is 8.21. The molecule has 6 nitrogen and oxygen atoms in total. The van der Waals surface area contributed by atoms with Crippen LogP contribution in [0.4, 0.5) is 5.95 Å².